The molecule has 0 aliphatic heterocycles. The predicted octanol–water partition coefficient (Wildman–Crippen LogP) is 4.43. The lowest BCUT2D eigenvalue weighted by atomic mass is 9.94. The molecule has 0 radical (unpaired) electrons. The van der Waals surface area contributed by atoms with Crippen LogP contribution in [0.25, 0.3) is 0 Å². The van der Waals surface area contributed by atoms with Crippen molar-refractivity contribution in [1.82, 2.24) is 5.32 Å². The molecule has 0 atom stereocenters. The van der Waals surface area contributed by atoms with Crippen LogP contribution in [0.15, 0.2) is 47.1 Å². The molecule has 0 saturated heterocycles. The molecule has 1 aromatic carbocycles. The van der Waals surface area contributed by atoms with E-state index in [1.165, 1.54) is 12.8 Å². The fourth-order valence-electron chi connectivity index (χ4n) is 3.18. The zero-order valence-corrected chi connectivity index (χ0v) is 14.1. The van der Waals surface area contributed by atoms with E-state index in [2.05, 4.69) is 10.6 Å². The summed E-state index contributed by atoms with van der Waals surface area (Å²) < 4.78 is 11.3. The molecule has 0 bridgehead atoms. The van der Waals surface area contributed by atoms with E-state index in [0.717, 1.165) is 30.0 Å². The van der Waals surface area contributed by atoms with E-state index < -0.39 is 0 Å². The van der Waals surface area contributed by atoms with Crippen molar-refractivity contribution in [3.8, 4) is 5.75 Å². The van der Waals surface area contributed by atoms with Gasteiger partial charge in [0.05, 0.1) is 24.1 Å². The van der Waals surface area contributed by atoms with Crippen molar-refractivity contribution in [1.29, 1.82) is 0 Å². The third-order valence-electron chi connectivity index (χ3n) is 4.24. The molecule has 0 amide bonds. The summed E-state index contributed by atoms with van der Waals surface area (Å²) in [4.78, 5) is 0. The number of benzene rings is 1. The van der Waals surface area contributed by atoms with Gasteiger partial charge in [0.15, 0.2) is 5.11 Å². The van der Waals surface area contributed by atoms with Gasteiger partial charge >= 0.3 is 0 Å². The molecule has 1 aromatic heterocycles. The molecule has 1 fully saturated rings. The van der Waals surface area contributed by atoms with Crippen LogP contribution in [0.4, 0.5) is 5.69 Å². The minimum atomic E-state index is -0.200. The van der Waals surface area contributed by atoms with E-state index in [1.807, 2.05) is 43.3 Å². The minimum absolute atomic E-state index is 0.200. The summed E-state index contributed by atoms with van der Waals surface area (Å²) in [5.41, 5.74) is 0.674. The number of anilines is 1. The number of rotatable bonds is 5. The molecule has 23 heavy (non-hydrogen) atoms. The van der Waals surface area contributed by atoms with E-state index in [4.69, 9.17) is 21.4 Å². The minimum Gasteiger partial charge on any atom is -0.492 e. The van der Waals surface area contributed by atoms with Gasteiger partial charge in [-0.1, -0.05) is 25.0 Å². The number of hydrogen-bond donors (Lipinski definition) is 2. The van der Waals surface area contributed by atoms with Crippen molar-refractivity contribution in [3.63, 3.8) is 0 Å². The van der Waals surface area contributed by atoms with Gasteiger partial charge < -0.3 is 19.8 Å². The first kappa shape index (κ1) is 15.9. The van der Waals surface area contributed by atoms with E-state index in [9.17, 15) is 0 Å². The van der Waals surface area contributed by atoms with Crippen molar-refractivity contribution < 1.29 is 9.15 Å². The molecule has 0 unspecified atom stereocenters. The monoisotopic (exact) mass is 330 g/mol. The van der Waals surface area contributed by atoms with Crippen LogP contribution in [-0.2, 0) is 5.54 Å². The van der Waals surface area contributed by atoms with E-state index in [0.29, 0.717) is 11.7 Å². The Labute approximate surface area is 142 Å². The standard InChI is InChI=1S/C18H22N2O2S/c1-2-21-15-9-4-3-8-14(15)19-17(23)20-18(11-5-6-12-18)16-10-7-13-22-16/h3-4,7-10,13H,2,5-6,11-12H2,1H3,(H2,19,20,23). The van der Waals surface area contributed by atoms with Crippen LogP contribution in [0.2, 0.25) is 0 Å². The molecule has 1 saturated carbocycles. The van der Waals surface area contributed by atoms with Crippen molar-refractivity contribution >= 4 is 23.0 Å². The van der Waals surface area contributed by atoms with Crippen LogP contribution in [0.3, 0.4) is 0 Å². The lowest BCUT2D eigenvalue weighted by Gasteiger charge is -2.30. The fraction of sp³-hybridized carbons (Fsp3) is 0.389. The van der Waals surface area contributed by atoms with Gasteiger partial charge in [0.25, 0.3) is 0 Å². The van der Waals surface area contributed by atoms with Crippen molar-refractivity contribution in [2.45, 2.75) is 38.1 Å². The van der Waals surface area contributed by atoms with Crippen LogP contribution in [0, 0.1) is 0 Å². The Kier molecular flexibility index (Phi) is 4.86. The molecule has 1 heterocycles. The summed E-state index contributed by atoms with van der Waals surface area (Å²) in [5.74, 6) is 1.76. The van der Waals surface area contributed by atoms with Gasteiger partial charge in [-0.2, -0.15) is 0 Å². The lowest BCUT2D eigenvalue weighted by Crippen LogP contribution is -2.45. The van der Waals surface area contributed by atoms with Gasteiger partial charge in [0.2, 0.25) is 0 Å². The van der Waals surface area contributed by atoms with Crippen molar-refractivity contribution in [3.05, 3.63) is 48.4 Å². The third-order valence-corrected chi connectivity index (χ3v) is 4.44. The molecule has 1 aliphatic rings. The van der Waals surface area contributed by atoms with Crippen LogP contribution < -0.4 is 15.4 Å². The van der Waals surface area contributed by atoms with Gasteiger partial charge in [-0.3, -0.25) is 0 Å². The number of nitrogens with one attached hydrogen (secondary N) is 2. The predicted molar refractivity (Wildman–Crippen MR) is 95.8 cm³/mol. The molecule has 4 nitrogen and oxygen atoms in total. The Morgan fingerprint density at radius 3 is 2.70 bits per heavy atom. The number of thiocarbonyl (C=S) groups is 1. The van der Waals surface area contributed by atoms with Crippen molar-refractivity contribution in [2.24, 2.45) is 0 Å². The maximum atomic E-state index is 5.66. The Hall–Kier alpha value is -2.01. The molecule has 0 spiro atoms. The number of ether oxygens (including phenoxy) is 1. The average Bonchev–Trinajstić information content (AvgIpc) is 3.21. The highest BCUT2D eigenvalue weighted by atomic mass is 32.1. The smallest absolute Gasteiger partial charge is 0.171 e. The maximum Gasteiger partial charge on any atom is 0.171 e. The second kappa shape index (κ2) is 7.04. The first-order valence-corrected chi connectivity index (χ1v) is 8.49. The van der Waals surface area contributed by atoms with Crippen LogP contribution in [-0.4, -0.2) is 11.7 Å². The highest BCUT2D eigenvalue weighted by molar-refractivity contribution is 7.80. The first-order chi connectivity index (χ1) is 11.2. The lowest BCUT2D eigenvalue weighted by molar-refractivity contribution is 0.317. The maximum absolute atomic E-state index is 5.66. The topological polar surface area (TPSA) is 46.4 Å². The Morgan fingerprint density at radius 1 is 1.22 bits per heavy atom. The summed E-state index contributed by atoms with van der Waals surface area (Å²) in [6.07, 6.45) is 6.11. The average molecular weight is 330 g/mol. The van der Waals surface area contributed by atoms with E-state index in [-0.39, 0.29) is 5.54 Å². The Morgan fingerprint density at radius 2 is 2.00 bits per heavy atom. The summed E-state index contributed by atoms with van der Waals surface area (Å²) >= 11 is 5.54. The number of furan rings is 1. The van der Waals surface area contributed by atoms with Gasteiger partial charge in [-0.25, -0.2) is 0 Å². The molecule has 2 aromatic rings. The van der Waals surface area contributed by atoms with Gasteiger partial charge in [0.1, 0.15) is 11.5 Å². The summed E-state index contributed by atoms with van der Waals surface area (Å²) in [5, 5.41) is 7.34. The summed E-state index contributed by atoms with van der Waals surface area (Å²) in [7, 11) is 0. The van der Waals surface area contributed by atoms with Gasteiger partial charge in [-0.05, 0) is 56.2 Å². The molecule has 1 aliphatic carbocycles. The molecular formula is C18H22N2O2S. The quantitative estimate of drug-likeness (QED) is 0.794. The van der Waals surface area contributed by atoms with E-state index >= 15 is 0 Å². The molecule has 122 valence electrons. The third kappa shape index (κ3) is 3.50. The van der Waals surface area contributed by atoms with E-state index in [1.54, 1.807) is 6.26 Å². The normalized spacial score (nSPS) is 16.0. The highest BCUT2D eigenvalue weighted by Crippen LogP contribution is 2.39. The Bertz CT molecular complexity index is 649. The Balaban J connectivity index is 1.74. The zero-order chi connectivity index (χ0) is 16.1. The summed E-state index contributed by atoms with van der Waals surface area (Å²) in [6, 6.07) is 11.8. The summed E-state index contributed by atoms with van der Waals surface area (Å²) in [6.45, 7) is 2.59. The van der Waals surface area contributed by atoms with Crippen LogP contribution >= 0.6 is 12.2 Å². The van der Waals surface area contributed by atoms with Gasteiger partial charge in [0, 0.05) is 0 Å². The highest BCUT2D eigenvalue weighted by Gasteiger charge is 2.38. The SMILES string of the molecule is CCOc1ccccc1NC(=S)NC1(c2ccco2)CCCC1. The molecule has 5 heteroatoms. The fourth-order valence-corrected chi connectivity index (χ4v) is 3.49. The second-order valence-corrected chi connectivity index (χ2v) is 6.18. The first-order valence-electron chi connectivity index (χ1n) is 8.08. The van der Waals surface area contributed by atoms with Gasteiger partial charge in [-0.15, -0.1) is 0 Å². The molecule has 2 N–H and O–H groups in total. The van der Waals surface area contributed by atoms with Crippen LogP contribution in [0.1, 0.15) is 38.4 Å². The van der Waals surface area contributed by atoms with Crippen LogP contribution in [0.5, 0.6) is 5.75 Å². The molecular weight excluding hydrogens is 308 g/mol. The van der Waals surface area contributed by atoms with Crippen molar-refractivity contribution in [2.75, 3.05) is 11.9 Å². The zero-order valence-electron chi connectivity index (χ0n) is 13.3. The largest absolute Gasteiger partial charge is 0.492 e. The second-order valence-electron chi connectivity index (χ2n) is 5.77. The number of para-hydroxylation sites is 2. The number of hydrogen-bond acceptors (Lipinski definition) is 3. The molecule has 3 rings (SSSR count).